The van der Waals surface area contributed by atoms with Crippen LogP contribution in [0.2, 0.25) is 0 Å². The Labute approximate surface area is 111 Å². The summed E-state index contributed by atoms with van der Waals surface area (Å²) in [5, 5.41) is 16.8. The van der Waals surface area contributed by atoms with Crippen molar-refractivity contribution in [2.75, 3.05) is 0 Å². The summed E-state index contributed by atoms with van der Waals surface area (Å²) in [6, 6.07) is 7.83. The van der Waals surface area contributed by atoms with E-state index in [1.807, 2.05) is 35.8 Å². The van der Waals surface area contributed by atoms with Crippen molar-refractivity contribution in [2.24, 2.45) is 5.92 Å². The van der Waals surface area contributed by atoms with Crippen LogP contribution in [0.25, 0.3) is 5.69 Å². The Morgan fingerprint density at radius 3 is 2.63 bits per heavy atom. The lowest BCUT2D eigenvalue weighted by Crippen LogP contribution is -2.12. The molecule has 2 aromatic rings. The van der Waals surface area contributed by atoms with E-state index in [4.69, 9.17) is 5.11 Å². The Bertz CT molecular complexity index is 560. The highest BCUT2D eigenvalue weighted by Crippen LogP contribution is 2.14. The van der Waals surface area contributed by atoms with E-state index in [1.54, 1.807) is 13.3 Å². The van der Waals surface area contributed by atoms with E-state index in [0.717, 1.165) is 23.5 Å². The molecule has 0 aliphatic heterocycles. The fraction of sp³-hybridized carbons (Fsp3) is 0.357. The van der Waals surface area contributed by atoms with Gasteiger partial charge in [-0.1, -0.05) is 26.0 Å². The highest BCUT2D eigenvalue weighted by Gasteiger charge is 2.11. The average molecular weight is 259 g/mol. The Morgan fingerprint density at radius 2 is 2.05 bits per heavy atom. The summed E-state index contributed by atoms with van der Waals surface area (Å²) in [4.78, 5) is 10.8. The molecule has 1 heterocycles. The maximum Gasteiger partial charge on any atom is 0.306 e. The van der Waals surface area contributed by atoms with E-state index in [-0.39, 0.29) is 5.92 Å². The number of hydrogen-bond acceptors (Lipinski definition) is 3. The summed E-state index contributed by atoms with van der Waals surface area (Å²) in [6.45, 7) is 3.74. The summed E-state index contributed by atoms with van der Waals surface area (Å²) in [7, 11) is 0. The van der Waals surface area contributed by atoms with Crippen LogP contribution in [0.5, 0.6) is 0 Å². The Hall–Kier alpha value is -2.17. The second kappa shape index (κ2) is 5.65. The number of carboxylic acid groups (broad SMARTS) is 1. The molecule has 0 amide bonds. The number of aromatic nitrogens is 3. The molecule has 0 fully saturated rings. The molecule has 1 atom stereocenters. The lowest BCUT2D eigenvalue weighted by molar-refractivity contribution is -0.141. The summed E-state index contributed by atoms with van der Waals surface area (Å²) in [5.41, 5.74) is 2.01. The van der Waals surface area contributed by atoms with Gasteiger partial charge in [0.2, 0.25) is 0 Å². The molecule has 0 bridgehead atoms. The smallest absolute Gasteiger partial charge is 0.306 e. The minimum absolute atomic E-state index is 0.369. The molecule has 0 radical (unpaired) electrons. The molecule has 0 saturated carbocycles. The van der Waals surface area contributed by atoms with Crippen molar-refractivity contribution >= 4 is 5.97 Å². The zero-order chi connectivity index (χ0) is 13.8. The van der Waals surface area contributed by atoms with Crippen molar-refractivity contribution in [3.63, 3.8) is 0 Å². The van der Waals surface area contributed by atoms with Gasteiger partial charge in [-0.05, 0) is 24.1 Å². The van der Waals surface area contributed by atoms with E-state index < -0.39 is 5.97 Å². The van der Waals surface area contributed by atoms with E-state index >= 15 is 0 Å². The van der Waals surface area contributed by atoms with Crippen LogP contribution >= 0.6 is 0 Å². The zero-order valence-corrected chi connectivity index (χ0v) is 11.1. The van der Waals surface area contributed by atoms with E-state index in [9.17, 15) is 4.79 Å². The number of aliphatic carboxylic acids is 1. The third kappa shape index (κ3) is 2.99. The van der Waals surface area contributed by atoms with Crippen LogP contribution in [0, 0.1) is 5.92 Å². The molecule has 1 aromatic heterocycles. The number of aryl methyl sites for hydroxylation is 1. The number of carbonyl (C=O) groups is 1. The largest absolute Gasteiger partial charge is 0.481 e. The lowest BCUT2D eigenvalue weighted by atomic mass is 10.0. The molecule has 0 saturated heterocycles. The monoisotopic (exact) mass is 259 g/mol. The van der Waals surface area contributed by atoms with Crippen LogP contribution in [-0.2, 0) is 17.6 Å². The molecule has 1 aromatic carbocycles. The SMILES string of the molecule is CCc1nncn1-c1ccc(CC(C)C(=O)O)cc1. The van der Waals surface area contributed by atoms with Crippen molar-refractivity contribution < 1.29 is 9.90 Å². The van der Waals surface area contributed by atoms with Crippen molar-refractivity contribution in [3.8, 4) is 5.69 Å². The van der Waals surface area contributed by atoms with Crippen LogP contribution in [0.1, 0.15) is 25.2 Å². The number of carboxylic acids is 1. The maximum absolute atomic E-state index is 10.8. The molecule has 5 heteroatoms. The highest BCUT2D eigenvalue weighted by molar-refractivity contribution is 5.69. The second-order valence-corrected chi connectivity index (χ2v) is 4.58. The van der Waals surface area contributed by atoms with Crippen LogP contribution in [-0.4, -0.2) is 25.8 Å². The minimum atomic E-state index is -0.767. The fourth-order valence-electron chi connectivity index (χ4n) is 1.95. The Balaban J connectivity index is 2.17. The predicted molar refractivity (Wildman–Crippen MR) is 71.2 cm³/mol. The molecular formula is C14H17N3O2. The van der Waals surface area contributed by atoms with Crippen molar-refractivity contribution in [3.05, 3.63) is 42.0 Å². The van der Waals surface area contributed by atoms with Gasteiger partial charge in [-0.2, -0.15) is 0 Å². The first kappa shape index (κ1) is 13.3. The van der Waals surface area contributed by atoms with Crippen molar-refractivity contribution in [1.82, 2.24) is 14.8 Å². The van der Waals surface area contributed by atoms with Gasteiger partial charge in [-0.25, -0.2) is 0 Å². The molecule has 0 aliphatic carbocycles. The Morgan fingerprint density at radius 1 is 1.37 bits per heavy atom. The summed E-state index contributed by atoms with van der Waals surface area (Å²) < 4.78 is 1.93. The van der Waals surface area contributed by atoms with Gasteiger partial charge in [0.25, 0.3) is 0 Å². The number of nitrogens with zero attached hydrogens (tertiary/aromatic N) is 3. The second-order valence-electron chi connectivity index (χ2n) is 4.58. The van der Waals surface area contributed by atoms with E-state index in [1.165, 1.54) is 0 Å². The third-order valence-corrected chi connectivity index (χ3v) is 3.11. The van der Waals surface area contributed by atoms with Gasteiger partial charge < -0.3 is 5.11 Å². The van der Waals surface area contributed by atoms with Gasteiger partial charge in [0.15, 0.2) is 0 Å². The lowest BCUT2D eigenvalue weighted by Gasteiger charge is -2.08. The van der Waals surface area contributed by atoms with Crippen LogP contribution in [0.4, 0.5) is 0 Å². The molecule has 1 N–H and O–H groups in total. The molecule has 2 rings (SSSR count). The normalized spacial score (nSPS) is 12.3. The molecule has 5 nitrogen and oxygen atoms in total. The number of hydrogen-bond donors (Lipinski definition) is 1. The topological polar surface area (TPSA) is 68.0 Å². The summed E-state index contributed by atoms with van der Waals surface area (Å²) in [6.07, 6.45) is 3.05. The van der Waals surface area contributed by atoms with Gasteiger partial charge in [-0.3, -0.25) is 9.36 Å². The van der Waals surface area contributed by atoms with Gasteiger partial charge in [-0.15, -0.1) is 10.2 Å². The highest BCUT2D eigenvalue weighted by atomic mass is 16.4. The van der Waals surface area contributed by atoms with Crippen LogP contribution in [0.3, 0.4) is 0 Å². The van der Waals surface area contributed by atoms with E-state index in [0.29, 0.717) is 6.42 Å². The molecule has 19 heavy (non-hydrogen) atoms. The average Bonchev–Trinajstić information content (AvgIpc) is 2.87. The summed E-state index contributed by atoms with van der Waals surface area (Å²) >= 11 is 0. The first-order chi connectivity index (χ1) is 9.11. The standard InChI is InChI=1S/C14H17N3O2/c1-3-13-16-15-9-17(13)12-6-4-11(5-7-12)8-10(2)14(18)19/h4-7,9-10H,3,8H2,1-2H3,(H,18,19). The predicted octanol–water partition coefficient (Wildman–Crippen LogP) is 2.09. The quantitative estimate of drug-likeness (QED) is 0.892. The van der Waals surface area contributed by atoms with Gasteiger partial charge >= 0.3 is 5.97 Å². The fourth-order valence-corrected chi connectivity index (χ4v) is 1.95. The van der Waals surface area contributed by atoms with Gasteiger partial charge in [0.05, 0.1) is 5.92 Å². The van der Waals surface area contributed by atoms with Gasteiger partial charge in [0.1, 0.15) is 12.2 Å². The molecule has 1 unspecified atom stereocenters. The van der Waals surface area contributed by atoms with Gasteiger partial charge in [0, 0.05) is 12.1 Å². The molecular weight excluding hydrogens is 242 g/mol. The summed E-state index contributed by atoms with van der Waals surface area (Å²) in [5.74, 6) is -0.227. The maximum atomic E-state index is 10.8. The first-order valence-electron chi connectivity index (χ1n) is 6.32. The zero-order valence-electron chi connectivity index (χ0n) is 11.1. The molecule has 0 spiro atoms. The Kier molecular flexibility index (Phi) is 3.94. The van der Waals surface area contributed by atoms with Crippen LogP contribution < -0.4 is 0 Å². The van der Waals surface area contributed by atoms with Crippen molar-refractivity contribution in [2.45, 2.75) is 26.7 Å². The van der Waals surface area contributed by atoms with Crippen molar-refractivity contribution in [1.29, 1.82) is 0 Å². The molecule has 100 valence electrons. The number of rotatable bonds is 5. The van der Waals surface area contributed by atoms with E-state index in [2.05, 4.69) is 10.2 Å². The first-order valence-corrected chi connectivity index (χ1v) is 6.32. The molecule has 0 aliphatic rings. The minimum Gasteiger partial charge on any atom is -0.481 e. The van der Waals surface area contributed by atoms with Crippen LogP contribution in [0.15, 0.2) is 30.6 Å². The number of benzene rings is 1. The third-order valence-electron chi connectivity index (χ3n) is 3.11.